The monoisotopic (exact) mass is 263 g/mol. The minimum absolute atomic E-state index is 0.0871. The lowest BCUT2D eigenvalue weighted by molar-refractivity contribution is 0.533. The zero-order valence-corrected chi connectivity index (χ0v) is 12.0. The molecule has 1 aliphatic rings. The number of aromatic nitrogens is 3. The largest absolute Gasteiger partial charge is 0.308 e. The molecule has 0 N–H and O–H groups in total. The van der Waals surface area contributed by atoms with Crippen molar-refractivity contribution in [1.29, 1.82) is 0 Å². The SMILES string of the molecule is Cc1ccc2nc(C(C)Cl)n(C3CC3(C)C)c2n1. The van der Waals surface area contributed by atoms with E-state index in [1.807, 2.05) is 26.0 Å². The van der Waals surface area contributed by atoms with Gasteiger partial charge in [0.2, 0.25) is 0 Å². The number of alkyl halides is 1. The third-order valence-electron chi connectivity index (χ3n) is 3.83. The van der Waals surface area contributed by atoms with Gasteiger partial charge >= 0.3 is 0 Å². The molecule has 0 spiro atoms. The summed E-state index contributed by atoms with van der Waals surface area (Å²) in [5.74, 6) is 0.945. The van der Waals surface area contributed by atoms with Crippen LogP contribution in [0.5, 0.6) is 0 Å². The zero-order chi connectivity index (χ0) is 13.1. The summed E-state index contributed by atoms with van der Waals surface area (Å²) in [6, 6.07) is 4.51. The van der Waals surface area contributed by atoms with E-state index in [0.29, 0.717) is 11.5 Å². The van der Waals surface area contributed by atoms with Gasteiger partial charge in [-0.3, -0.25) is 0 Å². The number of aryl methyl sites for hydroxylation is 1. The number of hydrogen-bond acceptors (Lipinski definition) is 2. The summed E-state index contributed by atoms with van der Waals surface area (Å²) >= 11 is 6.27. The zero-order valence-electron chi connectivity index (χ0n) is 11.2. The predicted molar refractivity (Wildman–Crippen MR) is 74.0 cm³/mol. The first-order valence-electron chi connectivity index (χ1n) is 6.40. The topological polar surface area (TPSA) is 30.7 Å². The Balaban J connectivity index is 2.25. The molecule has 0 aliphatic heterocycles. The van der Waals surface area contributed by atoms with Crippen LogP contribution in [0.1, 0.15) is 50.1 Å². The molecule has 0 saturated heterocycles. The van der Waals surface area contributed by atoms with Crippen molar-refractivity contribution < 1.29 is 0 Å². The Morgan fingerprint density at radius 2 is 2.06 bits per heavy atom. The van der Waals surface area contributed by atoms with Gasteiger partial charge in [0, 0.05) is 11.7 Å². The molecule has 2 unspecified atom stereocenters. The van der Waals surface area contributed by atoms with Crippen molar-refractivity contribution in [3.63, 3.8) is 0 Å². The highest BCUT2D eigenvalue weighted by Gasteiger charge is 2.49. The smallest absolute Gasteiger partial charge is 0.160 e. The van der Waals surface area contributed by atoms with Crippen LogP contribution in [0.4, 0.5) is 0 Å². The molecule has 3 rings (SSSR count). The standard InChI is InChI=1S/C14H18ClN3/c1-8-5-6-10-13(16-8)18(11-7-14(11,3)4)12(17-10)9(2)15/h5-6,9,11H,7H2,1-4H3. The van der Waals surface area contributed by atoms with E-state index >= 15 is 0 Å². The highest BCUT2D eigenvalue weighted by atomic mass is 35.5. The number of rotatable bonds is 2. The van der Waals surface area contributed by atoms with Crippen molar-refractivity contribution in [2.45, 2.75) is 45.5 Å². The second-order valence-corrected chi connectivity index (χ2v) is 6.61. The molecule has 2 heterocycles. The van der Waals surface area contributed by atoms with Crippen LogP contribution in [-0.2, 0) is 0 Å². The van der Waals surface area contributed by atoms with E-state index < -0.39 is 0 Å². The van der Waals surface area contributed by atoms with Crippen LogP contribution < -0.4 is 0 Å². The summed E-state index contributed by atoms with van der Waals surface area (Å²) in [6.07, 6.45) is 1.17. The van der Waals surface area contributed by atoms with Crippen LogP contribution in [0.3, 0.4) is 0 Å². The van der Waals surface area contributed by atoms with E-state index in [1.54, 1.807) is 0 Å². The number of fused-ring (bicyclic) bond motifs is 1. The highest BCUT2D eigenvalue weighted by molar-refractivity contribution is 6.20. The minimum atomic E-state index is -0.0871. The van der Waals surface area contributed by atoms with E-state index in [2.05, 4.69) is 28.4 Å². The first kappa shape index (κ1) is 12.0. The van der Waals surface area contributed by atoms with Gasteiger partial charge in [-0.15, -0.1) is 11.6 Å². The summed E-state index contributed by atoms with van der Waals surface area (Å²) in [5.41, 5.74) is 3.29. The normalized spacial score (nSPS) is 23.3. The lowest BCUT2D eigenvalue weighted by atomic mass is 10.2. The van der Waals surface area contributed by atoms with Gasteiger partial charge in [0.15, 0.2) is 5.65 Å². The van der Waals surface area contributed by atoms with E-state index in [-0.39, 0.29) is 5.38 Å². The Morgan fingerprint density at radius 1 is 1.39 bits per heavy atom. The number of imidazole rings is 1. The van der Waals surface area contributed by atoms with Crippen molar-refractivity contribution >= 4 is 22.8 Å². The minimum Gasteiger partial charge on any atom is -0.308 e. The molecular formula is C14H18ClN3. The predicted octanol–water partition coefficient (Wildman–Crippen LogP) is 4.01. The van der Waals surface area contributed by atoms with Crippen LogP contribution in [-0.4, -0.2) is 14.5 Å². The number of halogens is 1. The molecule has 0 aromatic carbocycles. The fraction of sp³-hybridized carbons (Fsp3) is 0.571. The first-order chi connectivity index (χ1) is 8.40. The van der Waals surface area contributed by atoms with Crippen molar-refractivity contribution in [2.75, 3.05) is 0 Å². The van der Waals surface area contributed by atoms with Crippen molar-refractivity contribution in [2.24, 2.45) is 5.41 Å². The Kier molecular flexibility index (Phi) is 2.46. The molecule has 0 radical (unpaired) electrons. The maximum absolute atomic E-state index is 6.27. The Morgan fingerprint density at radius 3 is 2.61 bits per heavy atom. The molecule has 18 heavy (non-hydrogen) atoms. The Hall–Kier alpha value is -1.09. The number of nitrogens with zero attached hydrogens (tertiary/aromatic N) is 3. The average molecular weight is 264 g/mol. The van der Waals surface area contributed by atoms with E-state index in [1.165, 1.54) is 6.42 Å². The quantitative estimate of drug-likeness (QED) is 0.767. The third kappa shape index (κ3) is 1.72. The van der Waals surface area contributed by atoms with Crippen LogP contribution in [0.25, 0.3) is 11.2 Å². The van der Waals surface area contributed by atoms with E-state index in [0.717, 1.165) is 22.7 Å². The van der Waals surface area contributed by atoms with E-state index in [9.17, 15) is 0 Å². The van der Waals surface area contributed by atoms with Gasteiger partial charge in [-0.1, -0.05) is 13.8 Å². The lowest BCUT2D eigenvalue weighted by Gasteiger charge is -2.11. The second kappa shape index (κ2) is 3.70. The molecule has 0 bridgehead atoms. The Bertz CT molecular complexity index is 613. The molecule has 0 amide bonds. The number of hydrogen-bond donors (Lipinski definition) is 0. The van der Waals surface area contributed by atoms with Crippen molar-refractivity contribution in [3.8, 4) is 0 Å². The van der Waals surface area contributed by atoms with Gasteiger partial charge in [-0.05, 0) is 37.8 Å². The molecule has 1 saturated carbocycles. The fourth-order valence-electron chi connectivity index (χ4n) is 2.55. The van der Waals surface area contributed by atoms with Crippen molar-refractivity contribution in [3.05, 3.63) is 23.7 Å². The maximum atomic E-state index is 6.27. The van der Waals surface area contributed by atoms with Gasteiger partial charge in [-0.25, -0.2) is 9.97 Å². The van der Waals surface area contributed by atoms with Gasteiger partial charge in [0.1, 0.15) is 11.3 Å². The highest BCUT2D eigenvalue weighted by Crippen LogP contribution is 2.57. The van der Waals surface area contributed by atoms with Crippen molar-refractivity contribution in [1.82, 2.24) is 14.5 Å². The van der Waals surface area contributed by atoms with Gasteiger partial charge in [0.25, 0.3) is 0 Å². The molecule has 1 fully saturated rings. The molecule has 2 atom stereocenters. The molecule has 4 heteroatoms. The molecule has 96 valence electrons. The molecule has 1 aliphatic carbocycles. The Labute approximate surface area is 112 Å². The van der Waals surface area contributed by atoms with Gasteiger partial charge < -0.3 is 4.57 Å². The van der Waals surface area contributed by atoms with Crippen LogP contribution in [0, 0.1) is 12.3 Å². The molecule has 2 aromatic rings. The maximum Gasteiger partial charge on any atom is 0.160 e. The first-order valence-corrected chi connectivity index (χ1v) is 6.83. The summed E-state index contributed by atoms with van der Waals surface area (Å²) in [5, 5.41) is -0.0871. The lowest BCUT2D eigenvalue weighted by Crippen LogP contribution is -2.07. The van der Waals surface area contributed by atoms with Crippen LogP contribution in [0.15, 0.2) is 12.1 Å². The second-order valence-electron chi connectivity index (χ2n) is 5.96. The van der Waals surface area contributed by atoms with E-state index in [4.69, 9.17) is 11.6 Å². The van der Waals surface area contributed by atoms with Gasteiger partial charge in [0.05, 0.1) is 5.38 Å². The summed E-state index contributed by atoms with van der Waals surface area (Å²) < 4.78 is 2.25. The van der Waals surface area contributed by atoms with Crippen LogP contribution >= 0.6 is 11.6 Å². The van der Waals surface area contributed by atoms with Gasteiger partial charge in [-0.2, -0.15) is 0 Å². The summed E-state index contributed by atoms with van der Waals surface area (Å²) in [4.78, 5) is 9.30. The summed E-state index contributed by atoms with van der Waals surface area (Å²) in [6.45, 7) is 8.55. The molecule has 3 nitrogen and oxygen atoms in total. The molecule has 2 aromatic heterocycles. The number of pyridine rings is 1. The average Bonchev–Trinajstić information content (AvgIpc) is 2.74. The third-order valence-corrected chi connectivity index (χ3v) is 4.03. The molecular weight excluding hydrogens is 246 g/mol. The fourth-order valence-corrected chi connectivity index (χ4v) is 2.71. The van der Waals surface area contributed by atoms with Crippen LogP contribution in [0.2, 0.25) is 0 Å². The summed E-state index contributed by atoms with van der Waals surface area (Å²) in [7, 11) is 0.